The molecule has 0 spiro atoms. The quantitative estimate of drug-likeness (QED) is 0.737. The van der Waals surface area contributed by atoms with Gasteiger partial charge in [0.25, 0.3) is 0 Å². The van der Waals surface area contributed by atoms with Gasteiger partial charge in [-0.15, -0.1) is 0 Å². The van der Waals surface area contributed by atoms with Crippen molar-refractivity contribution in [1.29, 1.82) is 0 Å². The highest BCUT2D eigenvalue weighted by molar-refractivity contribution is 5.76. The second-order valence-corrected chi connectivity index (χ2v) is 5.43. The SMILES string of the molecule is Cc1ccccc1OCCCC(=O)N[C@H](CO)c1ccccc1. The van der Waals surface area contributed by atoms with Crippen LogP contribution in [-0.4, -0.2) is 24.2 Å². The molecule has 0 fully saturated rings. The first-order valence-corrected chi connectivity index (χ1v) is 7.84. The van der Waals surface area contributed by atoms with Crippen LogP contribution in [0.2, 0.25) is 0 Å². The molecule has 2 N–H and O–H groups in total. The van der Waals surface area contributed by atoms with Gasteiger partial charge in [0.15, 0.2) is 0 Å². The number of carbonyl (C=O) groups is 1. The molecule has 23 heavy (non-hydrogen) atoms. The van der Waals surface area contributed by atoms with Gasteiger partial charge < -0.3 is 15.2 Å². The summed E-state index contributed by atoms with van der Waals surface area (Å²) in [6, 6.07) is 16.9. The van der Waals surface area contributed by atoms with Crippen molar-refractivity contribution in [1.82, 2.24) is 5.32 Å². The summed E-state index contributed by atoms with van der Waals surface area (Å²) in [6.07, 6.45) is 1.00. The topological polar surface area (TPSA) is 58.6 Å². The molecule has 4 heteroatoms. The molecule has 0 unspecified atom stereocenters. The van der Waals surface area contributed by atoms with Gasteiger partial charge in [-0.25, -0.2) is 0 Å². The third kappa shape index (κ3) is 5.42. The van der Waals surface area contributed by atoms with E-state index in [1.165, 1.54) is 0 Å². The van der Waals surface area contributed by atoms with E-state index in [4.69, 9.17) is 4.74 Å². The molecule has 0 saturated carbocycles. The molecule has 1 amide bonds. The van der Waals surface area contributed by atoms with E-state index in [1.807, 2.05) is 61.5 Å². The summed E-state index contributed by atoms with van der Waals surface area (Å²) >= 11 is 0. The Labute approximate surface area is 137 Å². The standard InChI is InChI=1S/C19H23NO3/c1-15-8-5-6-11-18(15)23-13-7-12-19(22)20-17(14-21)16-9-3-2-4-10-16/h2-6,8-11,17,21H,7,12-14H2,1H3,(H,20,22)/t17-/m1/s1. The molecule has 0 aliphatic carbocycles. The monoisotopic (exact) mass is 313 g/mol. The average Bonchev–Trinajstić information content (AvgIpc) is 2.59. The molecular formula is C19H23NO3. The highest BCUT2D eigenvalue weighted by Crippen LogP contribution is 2.16. The van der Waals surface area contributed by atoms with E-state index in [2.05, 4.69) is 5.32 Å². The van der Waals surface area contributed by atoms with Crippen molar-refractivity contribution in [3.63, 3.8) is 0 Å². The van der Waals surface area contributed by atoms with Gasteiger partial charge in [-0.3, -0.25) is 4.79 Å². The van der Waals surface area contributed by atoms with Gasteiger partial charge in [-0.1, -0.05) is 48.5 Å². The fourth-order valence-electron chi connectivity index (χ4n) is 2.32. The second kappa shape index (κ2) is 8.96. The summed E-state index contributed by atoms with van der Waals surface area (Å²) in [6.45, 7) is 2.37. The summed E-state index contributed by atoms with van der Waals surface area (Å²) < 4.78 is 5.67. The second-order valence-electron chi connectivity index (χ2n) is 5.43. The number of aryl methyl sites for hydroxylation is 1. The zero-order chi connectivity index (χ0) is 16.5. The van der Waals surface area contributed by atoms with Crippen molar-refractivity contribution in [3.05, 3.63) is 65.7 Å². The lowest BCUT2D eigenvalue weighted by atomic mass is 10.1. The van der Waals surface area contributed by atoms with E-state index in [1.54, 1.807) is 0 Å². The van der Waals surface area contributed by atoms with Crippen LogP contribution >= 0.6 is 0 Å². The first kappa shape index (κ1) is 17.0. The Morgan fingerprint density at radius 1 is 1.13 bits per heavy atom. The van der Waals surface area contributed by atoms with Crippen LogP contribution in [0, 0.1) is 6.92 Å². The van der Waals surface area contributed by atoms with Crippen LogP contribution < -0.4 is 10.1 Å². The van der Waals surface area contributed by atoms with Gasteiger partial charge in [0.05, 0.1) is 19.3 Å². The first-order chi connectivity index (χ1) is 11.2. The molecule has 0 heterocycles. The Balaban J connectivity index is 1.73. The highest BCUT2D eigenvalue weighted by atomic mass is 16.5. The largest absolute Gasteiger partial charge is 0.493 e. The summed E-state index contributed by atoms with van der Waals surface area (Å²) in [5, 5.41) is 12.3. The molecule has 0 radical (unpaired) electrons. The number of benzene rings is 2. The van der Waals surface area contributed by atoms with Crippen LogP contribution in [0.5, 0.6) is 5.75 Å². The van der Waals surface area contributed by atoms with Gasteiger partial charge in [-0.05, 0) is 30.5 Å². The highest BCUT2D eigenvalue weighted by Gasteiger charge is 2.13. The maximum atomic E-state index is 12.0. The van der Waals surface area contributed by atoms with Crippen LogP contribution in [0.15, 0.2) is 54.6 Å². The molecule has 0 aromatic heterocycles. The van der Waals surface area contributed by atoms with Gasteiger partial charge in [-0.2, -0.15) is 0 Å². The number of para-hydroxylation sites is 1. The van der Waals surface area contributed by atoms with Crippen LogP contribution in [0.3, 0.4) is 0 Å². The van der Waals surface area contributed by atoms with Crippen LogP contribution in [0.25, 0.3) is 0 Å². The zero-order valence-corrected chi connectivity index (χ0v) is 13.4. The Morgan fingerprint density at radius 2 is 1.83 bits per heavy atom. The minimum atomic E-state index is -0.360. The summed E-state index contributed by atoms with van der Waals surface area (Å²) in [5.41, 5.74) is 1.99. The van der Waals surface area contributed by atoms with E-state index in [0.29, 0.717) is 19.4 Å². The molecule has 0 saturated heterocycles. The number of hydrogen-bond acceptors (Lipinski definition) is 3. The Kier molecular flexibility index (Phi) is 6.63. The third-order valence-electron chi connectivity index (χ3n) is 3.62. The van der Waals surface area contributed by atoms with Gasteiger partial charge in [0.2, 0.25) is 5.91 Å². The number of aliphatic hydroxyl groups is 1. The fourth-order valence-corrected chi connectivity index (χ4v) is 2.32. The molecule has 4 nitrogen and oxygen atoms in total. The lowest BCUT2D eigenvalue weighted by molar-refractivity contribution is -0.122. The van der Waals surface area contributed by atoms with Crippen molar-refractivity contribution in [2.24, 2.45) is 0 Å². The Hall–Kier alpha value is -2.33. The number of amides is 1. The minimum absolute atomic E-state index is 0.0821. The van der Waals surface area contributed by atoms with Crippen LogP contribution in [0.4, 0.5) is 0 Å². The van der Waals surface area contributed by atoms with Gasteiger partial charge >= 0.3 is 0 Å². The van der Waals surface area contributed by atoms with Crippen LogP contribution in [-0.2, 0) is 4.79 Å². The number of rotatable bonds is 8. The smallest absolute Gasteiger partial charge is 0.220 e. The molecule has 0 aliphatic heterocycles. The Morgan fingerprint density at radius 3 is 2.52 bits per heavy atom. The summed E-state index contributed by atoms with van der Waals surface area (Å²) in [5.74, 6) is 0.770. The number of hydrogen-bond donors (Lipinski definition) is 2. The van der Waals surface area contributed by atoms with Crippen molar-refractivity contribution in [2.45, 2.75) is 25.8 Å². The van der Waals surface area contributed by atoms with E-state index < -0.39 is 0 Å². The predicted octanol–water partition coefficient (Wildman–Crippen LogP) is 3.00. The first-order valence-electron chi connectivity index (χ1n) is 7.84. The van der Waals surface area contributed by atoms with Crippen LogP contribution in [0.1, 0.15) is 30.0 Å². The molecule has 0 aliphatic rings. The average molecular weight is 313 g/mol. The molecule has 2 aromatic rings. The molecular weight excluding hydrogens is 290 g/mol. The number of nitrogens with one attached hydrogen (secondary N) is 1. The number of carbonyl (C=O) groups excluding carboxylic acids is 1. The predicted molar refractivity (Wildman–Crippen MR) is 90.3 cm³/mol. The maximum absolute atomic E-state index is 12.0. The van der Waals surface area contributed by atoms with E-state index in [0.717, 1.165) is 16.9 Å². The van der Waals surface area contributed by atoms with E-state index in [-0.39, 0.29) is 18.6 Å². The normalized spacial score (nSPS) is 11.7. The summed E-state index contributed by atoms with van der Waals surface area (Å²) in [4.78, 5) is 12.0. The van der Waals surface area contributed by atoms with Crippen molar-refractivity contribution in [2.75, 3.05) is 13.2 Å². The molecule has 1 atom stereocenters. The molecule has 2 rings (SSSR count). The Bertz CT molecular complexity index is 613. The lowest BCUT2D eigenvalue weighted by Crippen LogP contribution is -2.30. The van der Waals surface area contributed by atoms with E-state index >= 15 is 0 Å². The molecule has 2 aromatic carbocycles. The number of aliphatic hydroxyl groups excluding tert-OH is 1. The third-order valence-corrected chi connectivity index (χ3v) is 3.62. The fraction of sp³-hybridized carbons (Fsp3) is 0.316. The summed E-state index contributed by atoms with van der Waals surface area (Å²) in [7, 11) is 0. The molecule has 0 bridgehead atoms. The van der Waals surface area contributed by atoms with Crippen molar-refractivity contribution >= 4 is 5.91 Å². The van der Waals surface area contributed by atoms with Gasteiger partial charge in [0.1, 0.15) is 5.75 Å². The van der Waals surface area contributed by atoms with Crippen molar-refractivity contribution < 1.29 is 14.6 Å². The lowest BCUT2D eigenvalue weighted by Gasteiger charge is -2.16. The minimum Gasteiger partial charge on any atom is -0.493 e. The zero-order valence-electron chi connectivity index (χ0n) is 13.4. The van der Waals surface area contributed by atoms with Crippen molar-refractivity contribution in [3.8, 4) is 5.75 Å². The number of ether oxygens (including phenoxy) is 1. The molecule has 122 valence electrons. The van der Waals surface area contributed by atoms with E-state index in [9.17, 15) is 9.90 Å². The van der Waals surface area contributed by atoms with Gasteiger partial charge in [0, 0.05) is 6.42 Å². The maximum Gasteiger partial charge on any atom is 0.220 e.